The highest BCUT2D eigenvalue weighted by Gasteiger charge is 2.29. The van der Waals surface area contributed by atoms with Gasteiger partial charge in [0.05, 0.1) is 12.6 Å². The summed E-state index contributed by atoms with van der Waals surface area (Å²) < 4.78 is 0. The highest BCUT2D eigenvalue weighted by molar-refractivity contribution is 5.75. The van der Waals surface area contributed by atoms with Crippen LogP contribution in [0.4, 0.5) is 4.79 Å². The smallest absolute Gasteiger partial charge is 0.317 e. The maximum atomic E-state index is 12.1. The zero-order valence-corrected chi connectivity index (χ0v) is 10.5. The summed E-state index contributed by atoms with van der Waals surface area (Å²) in [4.78, 5) is 13.9. The van der Waals surface area contributed by atoms with E-state index in [-0.39, 0.29) is 18.7 Å². The van der Waals surface area contributed by atoms with Crippen LogP contribution in [0.15, 0.2) is 0 Å². The molecule has 1 saturated heterocycles. The van der Waals surface area contributed by atoms with Crippen molar-refractivity contribution < 1.29 is 9.90 Å². The molecule has 1 aliphatic carbocycles. The number of nitrogens with one attached hydrogen (secondary N) is 1. The number of urea groups is 1. The Morgan fingerprint density at radius 1 is 1.12 bits per heavy atom. The van der Waals surface area contributed by atoms with Crippen LogP contribution in [0.2, 0.25) is 0 Å². The van der Waals surface area contributed by atoms with E-state index in [0.29, 0.717) is 6.04 Å². The molecule has 2 aliphatic rings. The first-order valence-electron chi connectivity index (χ1n) is 6.99. The van der Waals surface area contributed by atoms with Crippen molar-refractivity contribution in [2.75, 3.05) is 13.2 Å². The topological polar surface area (TPSA) is 52.6 Å². The lowest BCUT2D eigenvalue weighted by molar-refractivity contribution is 0.154. The standard InChI is InChI=1S/C13H24N2O2/c16-10-12-8-5-9-15(12)13(17)14-11-6-3-1-2-4-7-11/h11-12,16H,1-10H2,(H,14,17). The Morgan fingerprint density at radius 2 is 1.82 bits per heavy atom. The summed E-state index contributed by atoms with van der Waals surface area (Å²) in [7, 11) is 0. The SMILES string of the molecule is O=C(NC1CCCCCC1)N1CCCC1CO. The van der Waals surface area contributed by atoms with E-state index in [9.17, 15) is 9.90 Å². The molecule has 2 fully saturated rings. The monoisotopic (exact) mass is 240 g/mol. The van der Waals surface area contributed by atoms with Crippen molar-refractivity contribution in [1.82, 2.24) is 10.2 Å². The molecule has 1 atom stereocenters. The number of carbonyl (C=O) groups is 1. The first-order valence-corrected chi connectivity index (χ1v) is 6.99. The number of aliphatic hydroxyl groups is 1. The van der Waals surface area contributed by atoms with Gasteiger partial charge in [-0.05, 0) is 25.7 Å². The predicted molar refractivity (Wildman–Crippen MR) is 66.8 cm³/mol. The molecule has 0 spiro atoms. The van der Waals surface area contributed by atoms with Crippen LogP contribution in [0.5, 0.6) is 0 Å². The van der Waals surface area contributed by atoms with Gasteiger partial charge in [0.2, 0.25) is 0 Å². The molecule has 0 radical (unpaired) electrons. The summed E-state index contributed by atoms with van der Waals surface area (Å²) in [6.45, 7) is 0.891. The van der Waals surface area contributed by atoms with Gasteiger partial charge in [0.15, 0.2) is 0 Å². The molecule has 4 heteroatoms. The van der Waals surface area contributed by atoms with Gasteiger partial charge in [-0.2, -0.15) is 0 Å². The molecule has 17 heavy (non-hydrogen) atoms. The van der Waals surface area contributed by atoms with Crippen LogP contribution in [-0.2, 0) is 0 Å². The Bertz CT molecular complexity index is 250. The lowest BCUT2D eigenvalue weighted by Crippen LogP contribution is -2.47. The van der Waals surface area contributed by atoms with E-state index in [0.717, 1.165) is 32.2 Å². The van der Waals surface area contributed by atoms with Crippen molar-refractivity contribution in [3.05, 3.63) is 0 Å². The van der Waals surface area contributed by atoms with Gasteiger partial charge >= 0.3 is 6.03 Å². The minimum Gasteiger partial charge on any atom is -0.394 e. The Kier molecular flexibility index (Phi) is 4.66. The molecule has 1 saturated carbocycles. The summed E-state index contributed by atoms with van der Waals surface area (Å²) in [5, 5.41) is 12.4. The van der Waals surface area contributed by atoms with Crippen LogP contribution in [0, 0.1) is 0 Å². The third-order valence-corrected chi connectivity index (χ3v) is 4.03. The molecule has 0 aromatic carbocycles. The fraction of sp³-hybridized carbons (Fsp3) is 0.923. The highest BCUT2D eigenvalue weighted by atomic mass is 16.3. The van der Waals surface area contributed by atoms with Gasteiger partial charge in [-0.3, -0.25) is 0 Å². The number of rotatable bonds is 2. The molecule has 1 unspecified atom stereocenters. The second kappa shape index (κ2) is 6.24. The van der Waals surface area contributed by atoms with Gasteiger partial charge in [-0.25, -0.2) is 4.79 Å². The Balaban J connectivity index is 1.82. The molecule has 2 rings (SSSR count). The number of likely N-dealkylation sites (tertiary alicyclic amines) is 1. The molecule has 0 aromatic heterocycles. The highest BCUT2D eigenvalue weighted by Crippen LogP contribution is 2.20. The number of aliphatic hydroxyl groups excluding tert-OH is 1. The van der Waals surface area contributed by atoms with Crippen molar-refractivity contribution in [3.63, 3.8) is 0 Å². The lowest BCUT2D eigenvalue weighted by atomic mass is 10.1. The number of amides is 2. The largest absolute Gasteiger partial charge is 0.394 e. The van der Waals surface area contributed by atoms with Gasteiger partial charge in [0.1, 0.15) is 0 Å². The van der Waals surface area contributed by atoms with Crippen LogP contribution >= 0.6 is 0 Å². The van der Waals surface area contributed by atoms with Crippen LogP contribution < -0.4 is 5.32 Å². The normalized spacial score (nSPS) is 26.9. The van der Waals surface area contributed by atoms with Crippen molar-refractivity contribution in [1.29, 1.82) is 0 Å². The first-order chi connectivity index (χ1) is 8.31. The average molecular weight is 240 g/mol. The van der Waals surface area contributed by atoms with E-state index in [1.54, 1.807) is 0 Å². The number of hydrogen-bond acceptors (Lipinski definition) is 2. The minimum atomic E-state index is 0.0356. The second-order valence-electron chi connectivity index (χ2n) is 5.31. The fourth-order valence-corrected chi connectivity index (χ4v) is 2.97. The summed E-state index contributed by atoms with van der Waals surface area (Å²) in [6, 6.07) is 0.430. The fourth-order valence-electron chi connectivity index (χ4n) is 2.97. The average Bonchev–Trinajstić information content (AvgIpc) is 2.68. The zero-order chi connectivity index (χ0) is 12.1. The van der Waals surface area contributed by atoms with E-state index in [1.165, 1.54) is 25.7 Å². The molecular formula is C13H24N2O2. The maximum Gasteiger partial charge on any atom is 0.317 e. The van der Waals surface area contributed by atoms with Gasteiger partial charge in [0.25, 0.3) is 0 Å². The van der Waals surface area contributed by atoms with Crippen LogP contribution in [0.25, 0.3) is 0 Å². The van der Waals surface area contributed by atoms with E-state index in [1.807, 2.05) is 4.90 Å². The maximum absolute atomic E-state index is 12.1. The van der Waals surface area contributed by atoms with Crippen molar-refractivity contribution in [2.45, 2.75) is 63.5 Å². The third-order valence-electron chi connectivity index (χ3n) is 4.03. The zero-order valence-electron chi connectivity index (χ0n) is 10.5. The first kappa shape index (κ1) is 12.7. The van der Waals surface area contributed by atoms with Gasteiger partial charge in [-0.15, -0.1) is 0 Å². The van der Waals surface area contributed by atoms with Crippen molar-refractivity contribution in [2.24, 2.45) is 0 Å². The van der Waals surface area contributed by atoms with Gasteiger partial charge in [-0.1, -0.05) is 25.7 Å². The lowest BCUT2D eigenvalue weighted by Gasteiger charge is -2.26. The minimum absolute atomic E-state index is 0.0356. The van der Waals surface area contributed by atoms with Crippen LogP contribution in [0.3, 0.4) is 0 Å². The molecular weight excluding hydrogens is 216 g/mol. The number of carbonyl (C=O) groups excluding carboxylic acids is 1. The van der Waals surface area contributed by atoms with E-state index >= 15 is 0 Å². The van der Waals surface area contributed by atoms with Crippen molar-refractivity contribution in [3.8, 4) is 0 Å². The molecule has 0 bridgehead atoms. The summed E-state index contributed by atoms with van der Waals surface area (Å²) in [5.74, 6) is 0. The van der Waals surface area contributed by atoms with E-state index in [4.69, 9.17) is 0 Å². The molecule has 2 N–H and O–H groups in total. The molecule has 98 valence electrons. The molecule has 1 heterocycles. The Hall–Kier alpha value is -0.770. The molecule has 2 amide bonds. The predicted octanol–water partition coefficient (Wildman–Crippen LogP) is 1.88. The van der Waals surface area contributed by atoms with Crippen LogP contribution in [0.1, 0.15) is 51.4 Å². The Labute approximate surface area is 103 Å². The van der Waals surface area contributed by atoms with Gasteiger partial charge < -0.3 is 15.3 Å². The summed E-state index contributed by atoms with van der Waals surface area (Å²) >= 11 is 0. The van der Waals surface area contributed by atoms with E-state index < -0.39 is 0 Å². The number of nitrogens with zero attached hydrogens (tertiary/aromatic N) is 1. The van der Waals surface area contributed by atoms with Crippen LogP contribution in [-0.4, -0.2) is 41.3 Å². The summed E-state index contributed by atoms with van der Waals surface area (Å²) in [6.07, 6.45) is 9.25. The van der Waals surface area contributed by atoms with Gasteiger partial charge in [0, 0.05) is 12.6 Å². The third kappa shape index (κ3) is 3.35. The molecule has 0 aromatic rings. The van der Waals surface area contributed by atoms with Crippen molar-refractivity contribution >= 4 is 6.03 Å². The molecule has 1 aliphatic heterocycles. The quantitative estimate of drug-likeness (QED) is 0.724. The van der Waals surface area contributed by atoms with E-state index in [2.05, 4.69) is 5.32 Å². The Morgan fingerprint density at radius 3 is 2.47 bits per heavy atom. The number of hydrogen-bond donors (Lipinski definition) is 2. The summed E-state index contributed by atoms with van der Waals surface area (Å²) in [5.41, 5.74) is 0. The molecule has 4 nitrogen and oxygen atoms in total. The second-order valence-corrected chi connectivity index (χ2v) is 5.31.